The molecular weight excluding hydrogens is 232 g/mol. The molecule has 1 aromatic rings. The Hall–Kier alpha value is -1.55. The van der Waals surface area contributed by atoms with Crippen LogP contribution in [0, 0.1) is 0 Å². The highest BCUT2D eigenvalue weighted by Crippen LogP contribution is 2.20. The van der Waals surface area contributed by atoms with Crippen LogP contribution in [-0.4, -0.2) is 30.4 Å². The second-order valence-corrected chi connectivity index (χ2v) is 4.32. The molecule has 1 aromatic carbocycles. The molecule has 1 atom stereocenters. The molecule has 0 bridgehead atoms. The third kappa shape index (κ3) is 4.37. The van der Waals surface area contributed by atoms with Gasteiger partial charge in [0.2, 0.25) is 0 Å². The van der Waals surface area contributed by atoms with E-state index in [0.717, 1.165) is 5.56 Å². The van der Waals surface area contributed by atoms with Crippen molar-refractivity contribution in [2.24, 2.45) is 0 Å². The van der Waals surface area contributed by atoms with Crippen molar-refractivity contribution in [2.75, 3.05) is 13.2 Å². The molecule has 1 unspecified atom stereocenters. The molecule has 0 aliphatic rings. The zero-order chi connectivity index (χ0) is 13.5. The zero-order valence-corrected chi connectivity index (χ0v) is 11.1. The van der Waals surface area contributed by atoms with Crippen LogP contribution in [0.15, 0.2) is 24.3 Å². The summed E-state index contributed by atoms with van der Waals surface area (Å²) in [5.41, 5.74) is 1.16. The highest BCUT2D eigenvalue weighted by Gasteiger charge is 2.18. The summed E-state index contributed by atoms with van der Waals surface area (Å²) in [6, 6.07) is 7.67. The molecule has 0 spiro atoms. The number of carbonyl (C=O) groups is 1. The van der Waals surface area contributed by atoms with Crippen molar-refractivity contribution in [1.82, 2.24) is 0 Å². The molecule has 18 heavy (non-hydrogen) atoms. The predicted molar refractivity (Wildman–Crippen MR) is 69.1 cm³/mol. The van der Waals surface area contributed by atoms with Gasteiger partial charge in [0.15, 0.2) is 6.10 Å². The first-order chi connectivity index (χ1) is 8.54. The van der Waals surface area contributed by atoms with Crippen LogP contribution in [0.4, 0.5) is 0 Å². The van der Waals surface area contributed by atoms with Crippen molar-refractivity contribution in [3.63, 3.8) is 0 Å². The first-order valence-electron chi connectivity index (χ1n) is 6.11. The minimum Gasteiger partial charge on any atom is -0.490 e. The van der Waals surface area contributed by atoms with E-state index in [4.69, 9.17) is 14.6 Å². The summed E-state index contributed by atoms with van der Waals surface area (Å²) in [5.74, 6) is 0.0831. The Morgan fingerprint density at radius 2 is 2.11 bits per heavy atom. The lowest BCUT2D eigenvalue weighted by Crippen LogP contribution is -2.30. The molecule has 0 aliphatic carbocycles. The second-order valence-electron chi connectivity index (χ2n) is 4.32. The van der Waals surface area contributed by atoms with Gasteiger partial charge < -0.3 is 14.6 Å². The maximum Gasteiger partial charge on any atom is 0.336 e. The minimum absolute atomic E-state index is 0.0186. The van der Waals surface area contributed by atoms with Crippen molar-refractivity contribution >= 4 is 5.97 Å². The normalized spacial score (nSPS) is 12.4. The number of hydrogen-bond donors (Lipinski definition) is 1. The SMILES string of the molecule is CCOC(COc1cccc(C(C)C)c1)C(=O)O. The largest absolute Gasteiger partial charge is 0.490 e. The number of rotatable bonds is 7. The van der Waals surface area contributed by atoms with Crippen molar-refractivity contribution in [3.8, 4) is 5.75 Å². The van der Waals surface area contributed by atoms with Crippen LogP contribution in [0.3, 0.4) is 0 Å². The van der Waals surface area contributed by atoms with Gasteiger partial charge in [0.25, 0.3) is 0 Å². The Kier molecular flexibility index (Phi) is 5.65. The summed E-state index contributed by atoms with van der Waals surface area (Å²) in [6.07, 6.45) is -0.919. The lowest BCUT2D eigenvalue weighted by Gasteiger charge is -2.14. The quantitative estimate of drug-likeness (QED) is 0.810. The van der Waals surface area contributed by atoms with E-state index in [1.54, 1.807) is 6.92 Å². The standard InChI is InChI=1S/C14H20O4/c1-4-17-13(14(15)16)9-18-12-7-5-6-11(8-12)10(2)3/h5-8,10,13H,4,9H2,1-3H3,(H,15,16). The molecule has 100 valence electrons. The number of carboxylic acid groups (broad SMARTS) is 1. The van der Waals surface area contributed by atoms with Crippen molar-refractivity contribution in [2.45, 2.75) is 32.8 Å². The molecule has 0 heterocycles. The summed E-state index contributed by atoms with van der Waals surface area (Å²) in [6.45, 7) is 6.32. The van der Waals surface area contributed by atoms with E-state index in [9.17, 15) is 4.79 Å². The van der Waals surface area contributed by atoms with Gasteiger partial charge in [-0.05, 0) is 30.5 Å². The van der Waals surface area contributed by atoms with Gasteiger partial charge in [-0.25, -0.2) is 4.79 Å². The van der Waals surface area contributed by atoms with Gasteiger partial charge in [0.1, 0.15) is 12.4 Å². The topological polar surface area (TPSA) is 55.8 Å². The van der Waals surface area contributed by atoms with Gasteiger partial charge in [-0.15, -0.1) is 0 Å². The van der Waals surface area contributed by atoms with Crippen LogP contribution in [0.5, 0.6) is 5.75 Å². The summed E-state index contributed by atoms with van der Waals surface area (Å²) in [4.78, 5) is 10.9. The van der Waals surface area contributed by atoms with Gasteiger partial charge in [-0.3, -0.25) is 0 Å². The van der Waals surface area contributed by atoms with E-state index >= 15 is 0 Å². The van der Waals surface area contributed by atoms with Crippen LogP contribution in [0.1, 0.15) is 32.3 Å². The molecule has 0 aliphatic heterocycles. The average molecular weight is 252 g/mol. The first-order valence-corrected chi connectivity index (χ1v) is 6.11. The first kappa shape index (κ1) is 14.5. The molecule has 0 saturated carbocycles. The van der Waals surface area contributed by atoms with E-state index in [1.165, 1.54) is 0 Å². The molecule has 1 rings (SSSR count). The molecule has 0 amide bonds. The highest BCUT2D eigenvalue weighted by molar-refractivity contribution is 5.72. The van der Waals surface area contributed by atoms with E-state index < -0.39 is 12.1 Å². The fourth-order valence-corrected chi connectivity index (χ4v) is 1.53. The lowest BCUT2D eigenvalue weighted by molar-refractivity contribution is -0.152. The summed E-state index contributed by atoms with van der Waals surface area (Å²) < 4.78 is 10.5. The van der Waals surface area contributed by atoms with Gasteiger partial charge in [0.05, 0.1) is 0 Å². The predicted octanol–water partition coefficient (Wildman–Crippen LogP) is 2.68. The Morgan fingerprint density at radius 1 is 1.39 bits per heavy atom. The molecule has 0 aromatic heterocycles. The highest BCUT2D eigenvalue weighted by atomic mass is 16.5. The fourth-order valence-electron chi connectivity index (χ4n) is 1.53. The maximum absolute atomic E-state index is 10.9. The number of hydrogen-bond acceptors (Lipinski definition) is 3. The third-order valence-electron chi connectivity index (χ3n) is 2.57. The van der Waals surface area contributed by atoms with E-state index in [1.807, 2.05) is 24.3 Å². The van der Waals surface area contributed by atoms with Crippen molar-refractivity contribution in [1.29, 1.82) is 0 Å². The lowest BCUT2D eigenvalue weighted by atomic mass is 10.0. The average Bonchev–Trinajstić information content (AvgIpc) is 2.34. The molecule has 1 N–H and O–H groups in total. The van der Waals surface area contributed by atoms with E-state index in [0.29, 0.717) is 18.3 Å². The van der Waals surface area contributed by atoms with E-state index in [2.05, 4.69) is 13.8 Å². The Labute approximate surface area is 108 Å². The molecule has 0 radical (unpaired) electrons. The number of benzene rings is 1. The number of ether oxygens (including phenoxy) is 2. The minimum atomic E-state index is -1.00. The molecule has 4 heteroatoms. The Bertz CT molecular complexity index is 387. The van der Waals surface area contributed by atoms with Crippen molar-refractivity contribution in [3.05, 3.63) is 29.8 Å². The Balaban J connectivity index is 2.61. The third-order valence-corrected chi connectivity index (χ3v) is 2.57. The number of carboxylic acids is 1. The molecule has 0 fully saturated rings. The molecule has 4 nitrogen and oxygen atoms in total. The smallest absolute Gasteiger partial charge is 0.336 e. The molecule has 0 saturated heterocycles. The van der Waals surface area contributed by atoms with Crippen LogP contribution in [0.25, 0.3) is 0 Å². The summed E-state index contributed by atoms with van der Waals surface area (Å²) in [7, 11) is 0. The monoisotopic (exact) mass is 252 g/mol. The van der Waals surface area contributed by atoms with Crippen LogP contribution in [-0.2, 0) is 9.53 Å². The number of aliphatic carboxylic acids is 1. The van der Waals surface area contributed by atoms with Gasteiger partial charge >= 0.3 is 5.97 Å². The maximum atomic E-state index is 10.9. The van der Waals surface area contributed by atoms with Crippen molar-refractivity contribution < 1.29 is 19.4 Å². The van der Waals surface area contributed by atoms with Gasteiger partial charge in [-0.1, -0.05) is 26.0 Å². The van der Waals surface area contributed by atoms with E-state index in [-0.39, 0.29) is 6.61 Å². The summed E-state index contributed by atoms with van der Waals surface area (Å²) in [5, 5.41) is 8.92. The van der Waals surface area contributed by atoms with Gasteiger partial charge in [0, 0.05) is 6.61 Å². The molecular formula is C14H20O4. The Morgan fingerprint density at radius 3 is 2.67 bits per heavy atom. The van der Waals surface area contributed by atoms with Crippen LogP contribution in [0.2, 0.25) is 0 Å². The zero-order valence-electron chi connectivity index (χ0n) is 11.1. The second kappa shape index (κ2) is 7.01. The summed E-state index contributed by atoms with van der Waals surface area (Å²) >= 11 is 0. The van der Waals surface area contributed by atoms with Crippen LogP contribution < -0.4 is 4.74 Å². The van der Waals surface area contributed by atoms with Crippen LogP contribution >= 0.6 is 0 Å². The van der Waals surface area contributed by atoms with Gasteiger partial charge in [-0.2, -0.15) is 0 Å². The fraction of sp³-hybridized carbons (Fsp3) is 0.500.